The fourth-order valence-electron chi connectivity index (χ4n) is 3.78. The number of benzene rings is 3. The zero-order valence-corrected chi connectivity index (χ0v) is 19.3. The molecule has 5 rings (SSSR count). The van der Waals surface area contributed by atoms with Gasteiger partial charge in [0, 0.05) is 17.7 Å². The predicted octanol–water partition coefficient (Wildman–Crippen LogP) is 4.47. The molecule has 1 aliphatic rings. The third kappa shape index (κ3) is 4.72. The number of aryl methyl sites for hydroxylation is 1. The molecule has 1 aromatic heterocycles. The van der Waals surface area contributed by atoms with Crippen LogP contribution in [0.5, 0.6) is 5.75 Å². The third-order valence-electron chi connectivity index (χ3n) is 5.43. The van der Waals surface area contributed by atoms with E-state index in [1.54, 1.807) is 18.2 Å². The van der Waals surface area contributed by atoms with E-state index in [-0.39, 0.29) is 24.1 Å². The first-order valence-corrected chi connectivity index (χ1v) is 11.8. The van der Waals surface area contributed by atoms with E-state index < -0.39 is 0 Å². The van der Waals surface area contributed by atoms with Crippen LogP contribution in [0.4, 0.5) is 5.69 Å². The minimum absolute atomic E-state index is 0.0178. The number of hydrogen-bond acceptors (Lipinski definition) is 6. The fraction of sp³-hybridized carbons (Fsp3) is 0.154. The van der Waals surface area contributed by atoms with Crippen molar-refractivity contribution in [3.8, 4) is 11.4 Å². The molecular weight excluding hydrogens is 448 g/mol. The van der Waals surface area contributed by atoms with Crippen molar-refractivity contribution in [3.63, 3.8) is 0 Å². The summed E-state index contributed by atoms with van der Waals surface area (Å²) in [7, 11) is 0. The second-order valence-corrected chi connectivity index (χ2v) is 8.94. The van der Waals surface area contributed by atoms with Crippen LogP contribution in [0.3, 0.4) is 0 Å². The Kier molecular flexibility index (Phi) is 6.14. The van der Waals surface area contributed by atoms with Crippen LogP contribution in [-0.2, 0) is 11.2 Å². The Morgan fingerprint density at radius 2 is 1.91 bits per heavy atom. The molecule has 0 saturated carbocycles. The van der Waals surface area contributed by atoms with Gasteiger partial charge in [0.2, 0.25) is 0 Å². The molecule has 1 N–H and O–H groups in total. The number of ether oxygens (including phenoxy) is 1. The maximum absolute atomic E-state index is 13.0. The highest BCUT2D eigenvalue weighted by molar-refractivity contribution is 7.99. The lowest BCUT2D eigenvalue weighted by atomic mass is 10.1. The molecular formula is C26H22N4O3S. The first kappa shape index (κ1) is 21.9. The number of rotatable bonds is 7. The van der Waals surface area contributed by atoms with Gasteiger partial charge in [-0.05, 0) is 48.4 Å². The SMILES string of the molecule is Cc1cccc(-n2c(Cc3ccccc3)nnc2SCC(=O)c2ccc3c(c2)NC(=O)CO3)c1. The minimum atomic E-state index is -0.233. The van der Waals surface area contributed by atoms with Gasteiger partial charge in [-0.1, -0.05) is 54.2 Å². The Bertz CT molecular complexity index is 1370. The number of nitrogens with zero attached hydrogens (tertiary/aromatic N) is 3. The van der Waals surface area contributed by atoms with Crippen LogP contribution in [0.2, 0.25) is 0 Å². The summed E-state index contributed by atoms with van der Waals surface area (Å²) in [4.78, 5) is 24.6. The topological polar surface area (TPSA) is 86.1 Å². The highest BCUT2D eigenvalue weighted by Crippen LogP contribution is 2.30. The van der Waals surface area contributed by atoms with E-state index in [4.69, 9.17) is 4.74 Å². The molecule has 1 amide bonds. The summed E-state index contributed by atoms with van der Waals surface area (Å²) < 4.78 is 7.39. The highest BCUT2D eigenvalue weighted by atomic mass is 32.2. The van der Waals surface area contributed by atoms with Crippen LogP contribution in [0, 0.1) is 6.92 Å². The van der Waals surface area contributed by atoms with Crippen molar-refractivity contribution in [1.29, 1.82) is 0 Å². The standard InChI is InChI=1S/C26H22N4O3S/c1-17-6-5-9-20(12-17)30-24(13-18-7-3-2-4-8-18)28-29-26(30)34-16-22(31)19-10-11-23-21(14-19)27-25(32)15-33-23/h2-12,14H,13,15-16H2,1H3,(H,27,32). The van der Waals surface area contributed by atoms with Crippen LogP contribution >= 0.6 is 11.8 Å². The fourth-order valence-corrected chi connectivity index (χ4v) is 4.65. The molecule has 4 aromatic rings. The number of fused-ring (bicyclic) bond motifs is 1. The number of nitrogens with one attached hydrogen (secondary N) is 1. The van der Waals surface area contributed by atoms with Gasteiger partial charge >= 0.3 is 0 Å². The Morgan fingerprint density at radius 1 is 1.06 bits per heavy atom. The van der Waals surface area contributed by atoms with Crippen molar-refractivity contribution in [3.05, 3.63) is 95.3 Å². The van der Waals surface area contributed by atoms with Crippen molar-refractivity contribution in [2.45, 2.75) is 18.5 Å². The first-order chi connectivity index (χ1) is 16.6. The zero-order chi connectivity index (χ0) is 23.5. The van der Waals surface area contributed by atoms with E-state index in [1.165, 1.54) is 11.8 Å². The summed E-state index contributed by atoms with van der Waals surface area (Å²) in [5, 5.41) is 12.3. The van der Waals surface area contributed by atoms with Gasteiger partial charge in [-0.3, -0.25) is 14.2 Å². The molecule has 0 spiro atoms. The molecule has 0 atom stereocenters. The molecule has 0 saturated heterocycles. The molecule has 0 fully saturated rings. The van der Waals surface area contributed by atoms with Gasteiger partial charge in [0.05, 0.1) is 11.4 Å². The third-order valence-corrected chi connectivity index (χ3v) is 6.36. The minimum Gasteiger partial charge on any atom is -0.482 e. The van der Waals surface area contributed by atoms with E-state index >= 15 is 0 Å². The van der Waals surface area contributed by atoms with E-state index in [9.17, 15) is 9.59 Å². The van der Waals surface area contributed by atoms with Crippen molar-refractivity contribution >= 4 is 29.1 Å². The quantitative estimate of drug-likeness (QED) is 0.317. The molecule has 34 heavy (non-hydrogen) atoms. The summed E-state index contributed by atoms with van der Waals surface area (Å²) >= 11 is 1.34. The molecule has 7 nitrogen and oxygen atoms in total. The van der Waals surface area contributed by atoms with E-state index in [1.807, 2.05) is 47.9 Å². The Labute approximate surface area is 201 Å². The number of ketones is 1. The number of carbonyl (C=O) groups excluding carboxylic acids is 2. The molecule has 3 aromatic carbocycles. The van der Waals surface area contributed by atoms with Crippen LogP contribution in [0.1, 0.15) is 27.3 Å². The number of Topliss-reactive ketones (excluding diaryl/α,β-unsaturated/α-hetero) is 1. The van der Waals surface area contributed by atoms with Gasteiger partial charge in [0.1, 0.15) is 11.6 Å². The molecule has 1 aliphatic heterocycles. The number of amides is 1. The lowest BCUT2D eigenvalue weighted by Gasteiger charge is -2.18. The van der Waals surface area contributed by atoms with Crippen LogP contribution in [0.25, 0.3) is 5.69 Å². The van der Waals surface area contributed by atoms with E-state index in [0.717, 1.165) is 22.6 Å². The lowest BCUT2D eigenvalue weighted by molar-refractivity contribution is -0.118. The molecule has 0 aliphatic carbocycles. The van der Waals surface area contributed by atoms with Crippen LogP contribution in [0.15, 0.2) is 78.0 Å². The second kappa shape index (κ2) is 9.52. The smallest absolute Gasteiger partial charge is 0.262 e. The summed E-state index contributed by atoms with van der Waals surface area (Å²) in [6, 6.07) is 23.3. The molecule has 170 valence electrons. The summed E-state index contributed by atoms with van der Waals surface area (Å²) in [6.07, 6.45) is 0.626. The van der Waals surface area contributed by atoms with Crippen molar-refractivity contribution in [2.24, 2.45) is 0 Å². The zero-order valence-electron chi connectivity index (χ0n) is 18.5. The monoisotopic (exact) mass is 470 g/mol. The Balaban J connectivity index is 1.40. The average molecular weight is 471 g/mol. The predicted molar refractivity (Wildman–Crippen MR) is 131 cm³/mol. The van der Waals surface area contributed by atoms with E-state index in [0.29, 0.717) is 28.6 Å². The summed E-state index contributed by atoms with van der Waals surface area (Å²) in [6.45, 7) is 2.02. The maximum Gasteiger partial charge on any atom is 0.262 e. The van der Waals surface area contributed by atoms with Gasteiger partial charge in [-0.2, -0.15) is 0 Å². The Morgan fingerprint density at radius 3 is 2.74 bits per heavy atom. The van der Waals surface area contributed by atoms with Gasteiger partial charge in [0.25, 0.3) is 5.91 Å². The molecule has 0 radical (unpaired) electrons. The number of anilines is 1. The Hall–Kier alpha value is -3.91. The maximum atomic E-state index is 13.0. The number of aromatic nitrogens is 3. The lowest BCUT2D eigenvalue weighted by Crippen LogP contribution is -2.25. The van der Waals surface area contributed by atoms with Crippen molar-refractivity contribution < 1.29 is 14.3 Å². The highest BCUT2D eigenvalue weighted by Gasteiger charge is 2.20. The normalized spacial score (nSPS) is 12.6. The largest absolute Gasteiger partial charge is 0.482 e. The molecule has 0 unspecified atom stereocenters. The summed E-state index contributed by atoms with van der Waals surface area (Å²) in [5.74, 6) is 1.25. The molecule has 2 heterocycles. The number of hydrogen-bond donors (Lipinski definition) is 1. The van der Waals surface area contributed by atoms with Gasteiger partial charge in [-0.15, -0.1) is 10.2 Å². The van der Waals surface area contributed by atoms with Gasteiger partial charge in [-0.25, -0.2) is 0 Å². The number of thioether (sulfide) groups is 1. The average Bonchev–Trinajstić information content (AvgIpc) is 3.25. The van der Waals surface area contributed by atoms with Crippen LogP contribution in [-0.4, -0.2) is 38.8 Å². The van der Waals surface area contributed by atoms with Gasteiger partial charge < -0.3 is 10.1 Å². The summed E-state index contributed by atoms with van der Waals surface area (Å²) in [5.41, 5.74) is 4.24. The second-order valence-electron chi connectivity index (χ2n) is 8.00. The number of carbonyl (C=O) groups is 2. The van der Waals surface area contributed by atoms with Crippen LogP contribution < -0.4 is 10.1 Å². The van der Waals surface area contributed by atoms with Gasteiger partial charge in [0.15, 0.2) is 17.5 Å². The van der Waals surface area contributed by atoms with E-state index in [2.05, 4.69) is 33.7 Å². The first-order valence-electron chi connectivity index (χ1n) is 10.8. The molecule has 0 bridgehead atoms. The van der Waals surface area contributed by atoms with Crippen molar-refractivity contribution in [1.82, 2.24) is 14.8 Å². The molecule has 8 heteroatoms. The van der Waals surface area contributed by atoms with Crippen molar-refractivity contribution in [2.75, 3.05) is 17.7 Å².